The van der Waals surface area contributed by atoms with Crippen molar-refractivity contribution in [3.63, 3.8) is 0 Å². The average molecular weight is 212 g/mol. The maximum absolute atomic E-state index is 4.41. The Balaban J connectivity index is 2.22. The SMILES string of the molecule is CN(C)C/C=C/c1cnc2ccccc2c1. The zero-order valence-electron chi connectivity index (χ0n) is 9.72. The summed E-state index contributed by atoms with van der Waals surface area (Å²) in [4.78, 5) is 6.54. The molecule has 0 aliphatic rings. The van der Waals surface area contributed by atoms with Crippen LogP contribution in [0.2, 0.25) is 0 Å². The number of fused-ring (bicyclic) bond motifs is 1. The molecule has 0 N–H and O–H groups in total. The Morgan fingerprint density at radius 2 is 2.06 bits per heavy atom. The lowest BCUT2D eigenvalue weighted by molar-refractivity contribution is 0.457. The molecule has 0 saturated heterocycles. The van der Waals surface area contributed by atoms with E-state index < -0.39 is 0 Å². The summed E-state index contributed by atoms with van der Waals surface area (Å²) < 4.78 is 0. The van der Waals surface area contributed by atoms with Crippen molar-refractivity contribution < 1.29 is 0 Å². The third kappa shape index (κ3) is 2.67. The second kappa shape index (κ2) is 4.90. The molecule has 1 heterocycles. The Hall–Kier alpha value is -1.67. The van der Waals surface area contributed by atoms with Gasteiger partial charge in [0, 0.05) is 18.1 Å². The molecule has 16 heavy (non-hydrogen) atoms. The van der Waals surface area contributed by atoms with Crippen molar-refractivity contribution in [3.8, 4) is 0 Å². The van der Waals surface area contributed by atoms with Crippen LogP contribution in [-0.4, -0.2) is 30.5 Å². The van der Waals surface area contributed by atoms with E-state index in [-0.39, 0.29) is 0 Å². The van der Waals surface area contributed by atoms with E-state index in [1.165, 1.54) is 5.39 Å². The standard InChI is InChI=1S/C14H16N2/c1-16(2)9-5-6-12-10-13-7-3-4-8-14(13)15-11-12/h3-8,10-11H,9H2,1-2H3/b6-5+. The average Bonchev–Trinajstić information content (AvgIpc) is 2.28. The minimum absolute atomic E-state index is 0.951. The van der Waals surface area contributed by atoms with Gasteiger partial charge in [0.1, 0.15) is 0 Å². The van der Waals surface area contributed by atoms with E-state index in [9.17, 15) is 0 Å². The Bertz CT molecular complexity index is 501. The van der Waals surface area contributed by atoms with Crippen LogP contribution in [0, 0.1) is 0 Å². The Labute approximate surface area is 96.2 Å². The van der Waals surface area contributed by atoms with E-state index in [1.807, 2.05) is 24.4 Å². The van der Waals surface area contributed by atoms with Crippen molar-refractivity contribution >= 4 is 17.0 Å². The van der Waals surface area contributed by atoms with Crippen LogP contribution in [-0.2, 0) is 0 Å². The molecule has 0 radical (unpaired) electrons. The van der Waals surface area contributed by atoms with Gasteiger partial charge in [0.2, 0.25) is 0 Å². The molecule has 2 nitrogen and oxygen atoms in total. The summed E-state index contributed by atoms with van der Waals surface area (Å²) in [7, 11) is 4.12. The fourth-order valence-electron chi connectivity index (χ4n) is 1.58. The highest BCUT2D eigenvalue weighted by Crippen LogP contribution is 2.13. The van der Waals surface area contributed by atoms with Crippen molar-refractivity contribution in [2.24, 2.45) is 0 Å². The zero-order valence-corrected chi connectivity index (χ0v) is 9.72. The van der Waals surface area contributed by atoms with Gasteiger partial charge >= 0.3 is 0 Å². The summed E-state index contributed by atoms with van der Waals surface area (Å²) in [6, 6.07) is 10.3. The Morgan fingerprint density at radius 1 is 1.25 bits per heavy atom. The molecule has 2 aromatic rings. The van der Waals surface area contributed by atoms with Gasteiger partial charge in [-0.2, -0.15) is 0 Å². The molecule has 82 valence electrons. The number of likely N-dealkylation sites (N-methyl/N-ethyl adjacent to an activating group) is 1. The summed E-state index contributed by atoms with van der Waals surface area (Å²) in [6.45, 7) is 0.951. The van der Waals surface area contributed by atoms with Gasteiger partial charge in [0.15, 0.2) is 0 Å². The summed E-state index contributed by atoms with van der Waals surface area (Å²) >= 11 is 0. The predicted octanol–water partition coefficient (Wildman–Crippen LogP) is 2.81. The fraction of sp³-hybridized carbons (Fsp3) is 0.214. The van der Waals surface area contributed by atoms with Gasteiger partial charge in [0.05, 0.1) is 5.52 Å². The fourth-order valence-corrected chi connectivity index (χ4v) is 1.58. The second-order valence-electron chi connectivity index (χ2n) is 4.13. The number of aromatic nitrogens is 1. The first-order valence-corrected chi connectivity index (χ1v) is 5.42. The van der Waals surface area contributed by atoms with E-state index in [0.29, 0.717) is 0 Å². The van der Waals surface area contributed by atoms with Crippen molar-refractivity contribution in [1.29, 1.82) is 0 Å². The first kappa shape index (κ1) is 10.8. The van der Waals surface area contributed by atoms with Gasteiger partial charge in [-0.3, -0.25) is 4.98 Å². The molecule has 0 aliphatic carbocycles. The monoisotopic (exact) mass is 212 g/mol. The van der Waals surface area contributed by atoms with Crippen LogP contribution in [0.15, 0.2) is 42.6 Å². The van der Waals surface area contributed by atoms with Gasteiger partial charge in [0.25, 0.3) is 0 Å². The molecule has 0 unspecified atom stereocenters. The summed E-state index contributed by atoms with van der Waals surface area (Å²) in [5.41, 5.74) is 2.20. The lowest BCUT2D eigenvalue weighted by Crippen LogP contribution is -2.10. The Kier molecular flexibility index (Phi) is 3.32. The molecule has 0 fully saturated rings. The molecule has 1 aromatic carbocycles. The van der Waals surface area contributed by atoms with Crippen LogP contribution < -0.4 is 0 Å². The smallest absolute Gasteiger partial charge is 0.0702 e. The summed E-state index contributed by atoms with van der Waals surface area (Å²) in [5, 5.41) is 1.19. The number of hydrogen-bond donors (Lipinski definition) is 0. The topological polar surface area (TPSA) is 16.1 Å². The molecule has 0 atom stereocenters. The summed E-state index contributed by atoms with van der Waals surface area (Å²) in [6.07, 6.45) is 6.17. The van der Waals surface area contributed by atoms with E-state index in [2.05, 4.69) is 48.3 Å². The van der Waals surface area contributed by atoms with Crippen LogP contribution >= 0.6 is 0 Å². The van der Waals surface area contributed by atoms with Gasteiger partial charge in [-0.15, -0.1) is 0 Å². The van der Waals surface area contributed by atoms with Crippen molar-refractivity contribution in [1.82, 2.24) is 9.88 Å². The molecular formula is C14H16N2. The van der Waals surface area contributed by atoms with E-state index in [4.69, 9.17) is 0 Å². The molecule has 2 heteroatoms. The lowest BCUT2D eigenvalue weighted by Gasteiger charge is -2.03. The van der Waals surface area contributed by atoms with Crippen molar-refractivity contribution in [2.75, 3.05) is 20.6 Å². The number of hydrogen-bond acceptors (Lipinski definition) is 2. The minimum Gasteiger partial charge on any atom is -0.306 e. The third-order valence-electron chi connectivity index (χ3n) is 2.39. The molecule has 2 rings (SSSR count). The van der Waals surface area contributed by atoms with Crippen LogP contribution in [0.4, 0.5) is 0 Å². The van der Waals surface area contributed by atoms with Gasteiger partial charge in [-0.05, 0) is 31.8 Å². The molecule has 0 bridgehead atoms. The highest BCUT2D eigenvalue weighted by atomic mass is 15.0. The maximum Gasteiger partial charge on any atom is 0.0702 e. The third-order valence-corrected chi connectivity index (χ3v) is 2.39. The molecule has 1 aromatic heterocycles. The van der Waals surface area contributed by atoms with Gasteiger partial charge in [-0.25, -0.2) is 0 Å². The van der Waals surface area contributed by atoms with Crippen molar-refractivity contribution in [3.05, 3.63) is 48.2 Å². The normalized spacial score (nSPS) is 11.7. The molecule has 0 aliphatic heterocycles. The van der Waals surface area contributed by atoms with Crippen molar-refractivity contribution in [2.45, 2.75) is 0 Å². The van der Waals surface area contributed by atoms with Crippen LogP contribution in [0.1, 0.15) is 5.56 Å². The molecular weight excluding hydrogens is 196 g/mol. The molecule has 0 spiro atoms. The van der Waals surface area contributed by atoms with Crippen LogP contribution in [0.3, 0.4) is 0 Å². The van der Waals surface area contributed by atoms with Gasteiger partial charge in [-0.1, -0.05) is 30.4 Å². The highest BCUT2D eigenvalue weighted by Gasteiger charge is 1.93. The first-order valence-electron chi connectivity index (χ1n) is 5.42. The first-order chi connectivity index (χ1) is 7.75. The van der Waals surface area contributed by atoms with Crippen LogP contribution in [0.25, 0.3) is 17.0 Å². The number of para-hydroxylation sites is 1. The Morgan fingerprint density at radius 3 is 2.88 bits per heavy atom. The van der Waals surface area contributed by atoms with E-state index in [0.717, 1.165) is 17.6 Å². The highest BCUT2D eigenvalue weighted by molar-refractivity contribution is 5.80. The second-order valence-corrected chi connectivity index (χ2v) is 4.13. The van der Waals surface area contributed by atoms with E-state index in [1.54, 1.807) is 0 Å². The quantitative estimate of drug-likeness (QED) is 0.777. The van der Waals surface area contributed by atoms with Crippen LogP contribution in [0.5, 0.6) is 0 Å². The minimum atomic E-state index is 0.951. The largest absolute Gasteiger partial charge is 0.306 e. The van der Waals surface area contributed by atoms with Gasteiger partial charge < -0.3 is 4.90 Å². The summed E-state index contributed by atoms with van der Waals surface area (Å²) in [5.74, 6) is 0. The number of nitrogens with zero attached hydrogens (tertiary/aromatic N) is 2. The maximum atomic E-state index is 4.41. The molecule has 0 saturated carbocycles. The predicted molar refractivity (Wildman–Crippen MR) is 69.3 cm³/mol. The number of rotatable bonds is 3. The number of benzene rings is 1. The zero-order chi connectivity index (χ0) is 11.4. The number of pyridine rings is 1. The van der Waals surface area contributed by atoms with E-state index >= 15 is 0 Å². The lowest BCUT2D eigenvalue weighted by atomic mass is 10.1. The molecule has 0 amide bonds.